The number of aliphatic hydroxyl groups is 1. The summed E-state index contributed by atoms with van der Waals surface area (Å²) in [5.74, 6) is -0.181. The van der Waals surface area contributed by atoms with Gasteiger partial charge in [0.1, 0.15) is 13.2 Å². The number of carbonyl (C=O) groups is 1. The van der Waals surface area contributed by atoms with E-state index in [2.05, 4.69) is 31.3 Å². The van der Waals surface area contributed by atoms with Gasteiger partial charge in [0.15, 0.2) is 0 Å². The van der Waals surface area contributed by atoms with Crippen LogP contribution in [0.2, 0.25) is 0 Å². The van der Waals surface area contributed by atoms with Gasteiger partial charge in [0.2, 0.25) is 5.91 Å². The summed E-state index contributed by atoms with van der Waals surface area (Å²) < 4.78 is 23.7. The lowest BCUT2D eigenvalue weighted by molar-refractivity contribution is -0.870. The maximum Gasteiger partial charge on any atom is 0.472 e. The summed E-state index contributed by atoms with van der Waals surface area (Å²) >= 11 is 0. The Hall–Kier alpha value is -1.02. The van der Waals surface area contributed by atoms with E-state index >= 15 is 0 Å². The molecule has 0 aliphatic rings. The summed E-state index contributed by atoms with van der Waals surface area (Å²) in [6.45, 7) is 4.83. The molecule has 0 bridgehead atoms. The molecular weight excluding hydrogens is 876 g/mol. The second kappa shape index (κ2) is 51.9. The fraction of sp³-hybridized carbons (Fsp3) is 0.917. The molecule has 0 aromatic heterocycles. The lowest BCUT2D eigenvalue weighted by Crippen LogP contribution is -2.45. The van der Waals surface area contributed by atoms with Gasteiger partial charge in [-0.15, -0.1) is 0 Å². The Kier molecular flexibility index (Phi) is 51.1. The minimum absolute atomic E-state index is 0.0586. The van der Waals surface area contributed by atoms with Crippen LogP contribution in [0, 0.1) is 0 Å². The molecular formula is C60H120N2O6P+. The van der Waals surface area contributed by atoms with Crippen molar-refractivity contribution in [3.63, 3.8) is 0 Å². The van der Waals surface area contributed by atoms with E-state index in [0.717, 1.165) is 38.5 Å². The highest BCUT2D eigenvalue weighted by atomic mass is 31.2. The molecule has 0 rings (SSSR count). The number of nitrogens with zero attached hydrogens (tertiary/aromatic N) is 1. The monoisotopic (exact) mass is 996 g/mol. The van der Waals surface area contributed by atoms with Crippen molar-refractivity contribution in [2.75, 3.05) is 40.9 Å². The first kappa shape index (κ1) is 68.0. The number of quaternary nitrogens is 1. The molecule has 0 saturated heterocycles. The van der Waals surface area contributed by atoms with Crippen LogP contribution in [-0.4, -0.2) is 73.4 Å². The summed E-state index contributed by atoms with van der Waals surface area (Å²) in [6.07, 6.45) is 65.9. The minimum Gasteiger partial charge on any atom is -0.387 e. The maximum atomic E-state index is 13.0. The summed E-state index contributed by atoms with van der Waals surface area (Å²) in [4.78, 5) is 23.3. The Morgan fingerprint density at radius 2 is 0.797 bits per heavy atom. The van der Waals surface area contributed by atoms with Crippen LogP contribution in [0.5, 0.6) is 0 Å². The number of unbranched alkanes of at least 4 members (excludes halogenated alkanes) is 41. The van der Waals surface area contributed by atoms with Crippen molar-refractivity contribution in [2.24, 2.45) is 0 Å². The zero-order chi connectivity index (χ0) is 50.6. The number of rotatable bonds is 56. The van der Waals surface area contributed by atoms with Crippen molar-refractivity contribution in [3.05, 3.63) is 24.3 Å². The first-order valence-corrected chi connectivity index (χ1v) is 31.7. The third-order valence-corrected chi connectivity index (χ3v) is 14.9. The summed E-state index contributed by atoms with van der Waals surface area (Å²) in [7, 11) is 1.57. The molecule has 0 spiro atoms. The fourth-order valence-corrected chi connectivity index (χ4v) is 9.92. The number of hydrogen-bond acceptors (Lipinski definition) is 5. The Balaban J connectivity index is 4.02. The SMILES string of the molecule is CCCCCCCCCCC/C=C/CC/C=C/C(O)C(COP(=O)(O)OCC[N+](C)(C)C)NC(=O)CCCCCCCCCCCCCCCCCCCCCCCCCCCCCCCCCC. The Labute approximate surface area is 430 Å². The van der Waals surface area contributed by atoms with Gasteiger partial charge in [-0.05, 0) is 32.1 Å². The molecule has 3 N–H and O–H groups in total. The normalized spacial score (nSPS) is 14.0. The van der Waals surface area contributed by atoms with E-state index in [1.807, 2.05) is 27.2 Å². The van der Waals surface area contributed by atoms with Crippen LogP contribution in [0.4, 0.5) is 0 Å². The van der Waals surface area contributed by atoms with Gasteiger partial charge in [0.05, 0.1) is 39.9 Å². The predicted molar refractivity (Wildman–Crippen MR) is 300 cm³/mol. The molecule has 0 saturated carbocycles. The van der Waals surface area contributed by atoms with E-state index in [1.54, 1.807) is 6.08 Å². The van der Waals surface area contributed by atoms with Crippen molar-refractivity contribution in [3.8, 4) is 0 Å². The molecule has 410 valence electrons. The van der Waals surface area contributed by atoms with E-state index in [0.29, 0.717) is 17.4 Å². The molecule has 0 aliphatic carbocycles. The molecule has 0 aliphatic heterocycles. The lowest BCUT2D eigenvalue weighted by atomic mass is 10.0. The van der Waals surface area contributed by atoms with Crippen LogP contribution in [-0.2, 0) is 18.4 Å². The number of likely N-dealkylation sites (N-methyl/N-ethyl adjacent to an activating group) is 1. The van der Waals surface area contributed by atoms with Crippen LogP contribution < -0.4 is 5.32 Å². The van der Waals surface area contributed by atoms with Gasteiger partial charge in [-0.1, -0.05) is 289 Å². The Morgan fingerprint density at radius 1 is 0.478 bits per heavy atom. The number of nitrogens with one attached hydrogen (secondary N) is 1. The molecule has 9 heteroatoms. The number of phosphoric ester groups is 1. The highest BCUT2D eigenvalue weighted by molar-refractivity contribution is 7.47. The molecule has 0 fully saturated rings. The number of carbonyl (C=O) groups excluding carboxylic acids is 1. The van der Waals surface area contributed by atoms with E-state index in [-0.39, 0.29) is 19.1 Å². The van der Waals surface area contributed by atoms with Gasteiger partial charge < -0.3 is 19.8 Å². The second-order valence-corrected chi connectivity index (χ2v) is 23.5. The molecule has 0 aromatic carbocycles. The van der Waals surface area contributed by atoms with Crippen molar-refractivity contribution < 1.29 is 32.9 Å². The van der Waals surface area contributed by atoms with Crippen LogP contribution >= 0.6 is 7.82 Å². The smallest absolute Gasteiger partial charge is 0.387 e. The first-order valence-electron chi connectivity index (χ1n) is 30.2. The van der Waals surface area contributed by atoms with Crippen molar-refractivity contribution in [2.45, 2.75) is 315 Å². The topological polar surface area (TPSA) is 105 Å². The van der Waals surface area contributed by atoms with Gasteiger partial charge in [-0.25, -0.2) is 4.57 Å². The lowest BCUT2D eigenvalue weighted by Gasteiger charge is -2.25. The van der Waals surface area contributed by atoms with E-state index in [9.17, 15) is 19.4 Å². The van der Waals surface area contributed by atoms with Gasteiger partial charge in [-0.2, -0.15) is 0 Å². The third kappa shape index (κ3) is 54.6. The van der Waals surface area contributed by atoms with Crippen molar-refractivity contribution >= 4 is 13.7 Å². The average Bonchev–Trinajstić information content (AvgIpc) is 3.31. The number of phosphoric acid groups is 1. The van der Waals surface area contributed by atoms with Crippen LogP contribution in [0.1, 0.15) is 303 Å². The summed E-state index contributed by atoms with van der Waals surface area (Å²) in [5, 5.41) is 13.9. The van der Waals surface area contributed by atoms with Crippen LogP contribution in [0.15, 0.2) is 24.3 Å². The van der Waals surface area contributed by atoms with Gasteiger partial charge in [-0.3, -0.25) is 13.8 Å². The molecule has 0 heterocycles. The second-order valence-electron chi connectivity index (χ2n) is 22.1. The van der Waals surface area contributed by atoms with Gasteiger partial charge >= 0.3 is 7.82 Å². The zero-order valence-corrected chi connectivity index (χ0v) is 47.7. The molecule has 0 radical (unpaired) electrons. The van der Waals surface area contributed by atoms with E-state index in [1.165, 1.54) is 244 Å². The quantitative estimate of drug-likeness (QED) is 0.0243. The molecule has 8 nitrogen and oxygen atoms in total. The summed E-state index contributed by atoms with van der Waals surface area (Å²) in [5.41, 5.74) is 0. The van der Waals surface area contributed by atoms with Gasteiger partial charge in [0.25, 0.3) is 0 Å². The van der Waals surface area contributed by atoms with E-state index in [4.69, 9.17) is 9.05 Å². The maximum absolute atomic E-state index is 13.0. The Morgan fingerprint density at radius 3 is 1.16 bits per heavy atom. The zero-order valence-electron chi connectivity index (χ0n) is 46.8. The predicted octanol–water partition coefficient (Wildman–Crippen LogP) is 18.4. The molecule has 3 unspecified atom stereocenters. The Bertz CT molecular complexity index is 1170. The van der Waals surface area contributed by atoms with Crippen LogP contribution in [0.25, 0.3) is 0 Å². The van der Waals surface area contributed by atoms with Crippen molar-refractivity contribution in [1.29, 1.82) is 0 Å². The summed E-state index contributed by atoms with van der Waals surface area (Å²) in [6, 6.07) is -0.860. The number of hydrogen-bond donors (Lipinski definition) is 3. The van der Waals surface area contributed by atoms with E-state index < -0.39 is 20.0 Å². The van der Waals surface area contributed by atoms with Crippen LogP contribution in [0.3, 0.4) is 0 Å². The number of allylic oxidation sites excluding steroid dienone is 3. The molecule has 1 amide bonds. The average molecular weight is 997 g/mol. The minimum atomic E-state index is -4.35. The highest BCUT2D eigenvalue weighted by Gasteiger charge is 2.27. The third-order valence-electron chi connectivity index (χ3n) is 13.9. The van der Waals surface area contributed by atoms with Gasteiger partial charge in [0, 0.05) is 6.42 Å². The standard InChI is InChI=1S/C60H119N2O6P/c1-6-8-10-12-14-16-18-20-22-23-24-25-26-27-28-29-30-31-32-33-34-35-36-37-38-40-42-44-46-48-50-52-54-60(64)61-58(57-68-69(65,66)67-56-55-62(3,4)5)59(63)53-51-49-47-45-43-41-39-21-19-17-15-13-11-9-7-2/h43,45,51,53,58-59,63H,6-42,44,46-50,52,54-57H2,1-5H3,(H-,61,64,65,66)/p+1/b45-43+,53-51+. The molecule has 3 atom stereocenters. The molecule has 0 aromatic rings. The number of aliphatic hydroxyl groups excluding tert-OH is 1. The fourth-order valence-electron chi connectivity index (χ4n) is 9.18. The first-order chi connectivity index (χ1) is 33.5. The molecule has 69 heavy (non-hydrogen) atoms. The van der Waals surface area contributed by atoms with Crippen molar-refractivity contribution in [1.82, 2.24) is 5.32 Å². The number of amides is 1. The largest absolute Gasteiger partial charge is 0.472 e. The highest BCUT2D eigenvalue weighted by Crippen LogP contribution is 2.43.